The standard InChI is InChI=1S/C22H24N2O4/c1-3-16-9-11-19(12-10-16)24-14-17(13-20(24)25)22(27)28-15-21(26)23(2)18-7-5-4-6-8-18/h4-12,17H,3,13-15H2,1-2H3. The monoisotopic (exact) mass is 380 g/mol. The smallest absolute Gasteiger partial charge is 0.311 e. The highest BCUT2D eigenvalue weighted by Crippen LogP contribution is 2.26. The van der Waals surface area contributed by atoms with Crippen LogP contribution >= 0.6 is 0 Å². The van der Waals surface area contributed by atoms with Crippen molar-refractivity contribution in [1.82, 2.24) is 0 Å². The third-order valence-electron chi connectivity index (χ3n) is 4.97. The van der Waals surface area contributed by atoms with E-state index in [0.29, 0.717) is 0 Å². The van der Waals surface area contributed by atoms with Crippen LogP contribution < -0.4 is 9.80 Å². The Hall–Kier alpha value is -3.15. The number of aryl methyl sites for hydroxylation is 1. The zero-order valence-electron chi connectivity index (χ0n) is 16.1. The first kappa shape index (κ1) is 19.6. The number of esters is 1. The topological polar surface area (TPSA) is 66.9 Å². The molecule has 3 rings (SSSR count). The van der Waals surface area contributed by atoms with Gasteiger partial charge in [0.2, 0.25) is 5.91 Å². The molecule has 0 saturated carbocycles. The van der Waals surface area contributed by atoms with Gasteiger partial charge >= 0.3 is 5.97 Å². The average molecular weight is 380 g/mol. The number of carbonyl (C=O) groups is 3. The molecule has 146 valence electrons. The molecule has 1 aliphatic heterocycles. The molecule has 0 aromatic heterocycles. The van der Waals surface area contributed by atoms with E-state index in [9.17, 15) is 14.4 Å². The summed E-state index contributed by atoms with van der Waals surface area (Å²) in [5.41, 5.74) is 2.69. The van der Waals surface area contributed by atoms with Crippen LogP contribution in [-0.4, -0.2) is 38.0 Å². The van der Waals surface area contributed by atoms with Gasteiger partial charge in [-0.1, -0.05) is 37.3 Å². The SMILES string of the molecule is CCc1ccc(N2CC(C(=O)OCC(=O)N(C)c3ccccc3)CC2=O)cc1. The number of rotatable bonds is 6. The van der Waals surface area contributed by atoms with E-state index < -0.39 is 11.9 Å². The lowest BCUT2D eigenvalue weighted by molar-refractivity contribution is -0.151. The first-order valence-corrected chi connectivity index (χ1v) is 9.37. The van der Waals surface area contributed by atoms with Crippen molar-refractivity contribution in [2.75, 3.05) is 30.0 Å². The highest BCUT2D eigenvalue weighted by molar-refractivity contribution is 6.00. The van der Waals surface area contributed by atoms with Crippen molar-refractivity contribution in [3.05, 3.63) is 60.2 Å². The van der Waals surface area contributed by atoms with Gasteiger partial charge in [-0.2, -0.15) is 0 Å². The van der Waals surface area contributed by atoms with E-state index in [1.54, 1.807) is 24.1 Å². The van der Waals surface area contributed by atoms with E-state index in [1.807, 2.05) is 42.5 Å². The van der Waals surface area contributed by atoms with Crippen molar-refractivity contribution in [2.24, 2.45) is 5.92 Å². The Labute approximate surface area is 164 Å². The van der Waals surface area contributed by atoms with E-state index in [-0.39, 0.29) is 31.4 Å². The van der Waals surface area contributed by atoms with E-state index in [2.05, 4.69) is 6.92 Å². The van der Waals surface area contributed by atoms with E-state index in [0.717, 1.165) is 17.8 Å². The second kappa shape index (κ2) is 8.69. The third kappa shape index (κ3) is 4.39. The molecule has 2 aromatic carbocycles. The van der Waals surface area contributed by atoms with Crippen molar-refractivity contribution in [3.8, 4) is 0 Å². The molecule has 2 amide bonds. The maximum absolute atomic E-state index is 12.4. The Kier molecular flexibility index (Phi) is 6.09. The average Bonchev–Trinajstić information content (AvgIpc) is 3.13. The minimum Gasteiger partial charge on any atom is -0.455 e. The number of hydrogen-bond donors (Lipinski definition) is 0. The summed E-state index contributed by atoms with van der Waals surface area (Å²) in [5.74, 6) is -1.51. The second-order valence-electron chi connectivity index (χ2n) is 6.82. The maximum Gasteiger partial charge on any atom is 0.311 e. The second-order valence-corrected chi connectivity index (χ2v) is 6.82. The summed E-state index contributed by atoms with van der Waals surface area (Å²) in [6.07, 6.45) is 1.02. The normalized spacial score (nSPS) is 16.1. The number of ether oxygens (including phenoxy) is 1. The fourth-order valence-electron chi connectivity index (χ4n) is 3.17. The Balaban J connectivity index is 1.55. The largest absolute Gasteiger partial charge is 0.455 e. The number of likely N-dealkylation sites (N-methyl/N-ethyl adjacent to an activating group) is 1. The maximum atomic E-state index is 12.4. The number of amides is 2. The predicted octanol–water partition coefficient (Wildman–Crippen LogP) is 2.81. The van der Waals surface area contributed by atoms with Crippen LogP contribution in [0.15, 0.2) is 54.6 Å². The Morgan fingerprint density at radius 1 is 1.11 bits per heavy atom. The van der Waals surface area contributed by atoms with Crippen LogP contribution in [0.25, 0.3) is 0 Å². The molecule has 1 atom stereocenters. The molecule has 28 heavy (non-hydrogen) atoms. The van der Waals surface area contributed by atoms with Crippen LogP contribution in [0.4, 0.5) is 11.4 Å². The zero-order valence-corrected chi connectivity index (χ0v) is 16.1. The van der Waals surface area contributed by atoms with Gasteiger partial charge in [0.1, 0.15) is 0 Å². The third-order valence-corrected chi connectivity index (χ3v) is 4.97. The summed E-state index contributed by atoms with van der Waals surface area (Å²) in [7, 11) is 1.63. The summed E-state index contributed by atoms with van der Waals surface area (Å²) in [6, 6.07) is 16.9. The van der Waals surface area contributed by atoms with E-state index in [4.69, 9.17) is 4.74 Å². The van der Waals surface area contributed by atoms with Gasteiger partial charge in [-0.05, 0) is 36.2 Å². The molecular weight excluding hydrogens is 356 g/mol. The molecule has 1 unspecified atom stereocenters. The summed E-state index contributed by atoms with van der Waals surface area (Å²) in [5, 5.41) is 0. The molecule has 0 spiro atoms. The number of carbonyl (C=O) groups excluding carboxylic acids is 3. The molecule has 0 bridgehead atoms. The number of anilines is 2. The highest BCUT2D eigenvalue weighted by Gasteiger charge is 2.36. The minimum absolute atomic E-state index is 0.0943. The van der Waals surface area contributed by atoms with Crippen LogP contribution in [0.1, 0.15) is 18.9 Å². The lowest BCUT2D eigenvalue weighted by atomic mass is 10.1. The van der Waals surface area contributed by atoms with Crippen molar-refractivity contribution in [1.29, 1.82) is 0 Å². The lowest BCUT2D eigenvalue weighted by Crippen LogP contribution is -2.32. The van der Waals surface area contributed by atoms with Crippen LogP contribution in [0.2, 0.25) is 0 Å². The van der Waals surface area contributed by atoms with Gasteiger partial charge in [0.15, 0.2) is 6.61 Å². The number of nitrogens with zero attached hydrogens (tertiary/aromatic N) is 2. The van der Waals surface area contributed by atoms with Gasteiger partial charge in [0, 0.05) is 31.4 Å². The molecule has 1 heterocycles. The number of benzene rings is 2. The number of hydrogen-bond acceptors (Lipinski definition) is 4. The van der Waals surface area contributed by atoms with E-state index >= 15 is 0 Å². The molecule has 0 radical (unpaired) electrons. The van der Waals surface area contributed by atoms with Crippen LogP contribution in [-0.2, 0) is 25.5 Å². The fourth-order valence-corrected chi connectivity index (χ4v) is 3.17. The molecule has 1 saturated heterocycles. The molecular formula is C22H24N2O4. The van der Waals surface area contributed by atoms with Gasteiger partial charge in [0.05, 0.1) is 5.92 Å². The summed E-state index contributed by atoms with van der Waals surface area (Å²) in [4.78, 5) is 40.0. The molecule has 0 N–H and O–H groups in total. The van der Waals surface area contributed by atoms with Crippen LogP contribution in [0, 0.1) is 5.92 Å². The lowest BCUT2D eigenvalue weighted by Gasteiger charge is -2.18. The molecule has 0 aliphatic carbocycles. The first-order chi connectivity index (χ1) is 13.5. The quantitative estimate of drug-likeness (QED) is 0.723. The Bertz CT molecular complexity index is 849. The zero-order chi connectivity index (χ0) is 20.1. The van der Waals surface area contributed by atoms with Gasteiger partial charge in [0.25, 0.3) is 5.91 Å². The summed E-state index contributed by atoms with van der Waals surface area (Å²) in [6.45, 7) is 1.99. The predicted molar refractivity (Wildman–Crippen MR) is 107 cm³/mol. The van der Waals surface area contributed by atoms with Crippen molar-refractivity contribution in [2.45, 2.75) is 19.8 Å². The first-order valence-electron chi connectivity index (χ1n) is 9.37. The van der Waals surface area contributed by atoms with Crippen LogP contribution in [0.5, 0.6) is 0 Å². The van der Waals surface area contributed by atoms with Crippen LogP contribution in [0.3, 0.4) is 0 Å². The summed E-state index contributed by atoms with van der Waals surface area (Å²) < 4.78 is 5.19. The molecule has 6 heteroatoms. The van der Waals surface area contributed by atoms with Gasteiger partial charge in [-0.15, -0.1) is 0 Å². The van der Waals surface area contributed by atoms with Gasteiger partial charge < -0.3 is 14.5 Å². The van der Waals surface area contributed by atoms with Crippen molar-refractivity contribution in [3.63, 3.8) is 0 Å². The summed E-state index contributed by atoms with van der Waals surface area (Å²) >= 11 is 0. The number of para-hydroxylation sites is 1. The Morgan fingerprint density at radius 2 is 1.79 bits per heavy atom. The van der Waals surface area contributed by atoms with E-state index in [1.165, 1.54) is 10.5 Å². The Morgan fingerprint density at radius 3 is 2.43 bits per heavy atom. The molecule has 6 nitrogen and oxygen atoms in total. The van der Waals surface area contributed by atoms with Crippen molar-refractivity contribution < 1.29 is 19.1 Å². The highest BCUT2D eigenvalue weighted by atomic mass is 16.5. The minimum atomic E-state index is -0.562. The van der Waals surface area contributed by atoms with Gasteiger partial charge in [-0.3, -0.25) is 14.4 Å². The fraction of sp³-hybridized carbons (Fsp3) is 0.318. The molecule has 2 aromatic rings. The van der Waals surface area contributed by atoms with Gasteiger partial charge in [-0.25, -0.2) is 0 Å². The molecule has 1 aliphatic rings. The van der Waals surface area contributed by atoms with Crippen molar-refractivity contribution >= 4 is 29.2 Å². The molecule has 1 fully saturated rings.